The zero-order valence-corrected chi connectivity index (χ0v) is 15.9. The van der Waals surface area contributed by atoms with Crippen molar-refractivity contribution in [3.63, 3.8) is 0 Å². The summed E-state index contributed by atoms with van der Waals surface area (Å²) < 4.78 is 0. The molecule has 0 bridgehead atoms. The quantitative estimate of drug-likeness (QED) is 0.698. The summed E-state index contributed by atoms with van der Waals surface area (Å²) in [5.41, 5.74) is 0.989. The van der Waals surface area contributed by atoms with Crippen LogP contribution in [0, 0.1) is 17.3 Å². The van der Waals surface area contributed by atoms with E-state index in [-0.39, 0.29) is 17.7 Å². The van der Waals surface area contributed by atoms with E-state index < -0.39 is 5.41 Å². The van der Waals surface area contributed by atoms with Crippen molar-refractivity contribution in [3.8, 4) is 0 Å². The maximum Gasteiger partial charge on any atom is 0.230 e. The van der Waals surface area contributed by atoms with E-state index in [1.165, 1.54) is 0 Å². The minimum atomic E-state index is -0.428. The van der Waals surface area contributed by atoms with Gasteiger partial charge in [0.2, 0.25) is 11.8 Å². The number of rotatable bonds is 8. The van der Waals surface area contributed by atoms with Crippen LogP contribution >= 0.6 is 0 Å². The zero-order chi connectivity index (χ0) is 18.3. The first kappa shape index (κ1) is 20.2. The van der Waals surface area contributed by atoms with Gasteiger partial charge in [-0.15, -0.1) is 0 Å². The van der Waals surface area contributed by atoms with Crippen molar-refractivity contribution in [3.05, 3.63) is 24.3 Å². The molecular weight excluding hydrogens is 300 g/mol. The Kier molecular flexibility index (Phi) is 7.46. The highest BCUT2D eigenvalue weighted by Gasteiger charge is 2.28. The lowest BCUT2D eigenvalue weighted by Gasteiger charge is -2.25. The molecule has 1 rings (SSSR count). The van der Waals surface area contributed by atoms with Gasteiger partial charge in [0.15, 0.2) is 0 Å². The zero-order valence-electron chi connectivity index (χ0n) is 15.9. The molecule has 2 amide bonds. The Bertz CT molecular complexity index is 565. The van der Waals surface area contributed by atoms with E-state index in [9.17, 15) is 9.59 Å². The summed E-state index contributed by atoms with van der Waals surface area (Å²) >= 11 is 0. The molecule has 1 unspecified atom stereocenters. The second-order valence-corrected chi connectivity index (χ2v) is 7.70. The van der Waals surface area contributed by atoms with Crippen LogP contribution in [-0.2, 0) is 9.59 Å². The van der Waals surface area contributed by atoms with Crippen LogP contribution in [0.15, 0.2) is 24.3 Å². The lowest BCUT2D eigenvalue weighted by molar-refractivity contribution is -0.124. The normalized spacial score (nSPS) is 12.8. The van der Waals surface area contributed by atoms with Gasteiger partial charge in [-0.25, -0.2) is 0 Å². The Morgan fingerprint density at radius 3 is 2.21 bits per heavy atom. The molecule has 0 heterocycles. The van der Waals surface area contributed by atoms with Crippen molar-refractivity contribution in [2.24, 2.45) is 17.3 Å². The second kappa shape index (κ2) is 8.86. The number of anilines is 2. The van der Waals surface area contributed by atoms with E-state index in [0.29, 0.717) is 17.3 Å². The number of carbonyl (C=O) groups excluding carboxylic acids is 2. The number of nitrogens with one attached hydrogen (secondary N) is 2. The van der Waals surface area contributed by atoms with Gasteiger partial charge < -0.3 is 10.6 Å². The minimum absolute atomic E-state index is 0.000900. The molecule has 0 aromatic heterocycles. The molecule has 0 spiro atoms. The largest absolute Gasteiger partial charge is 0.326 e. The van der Waals surface area contributed by atoms with Gasteiger partial charge in [-0.1, -0.05) is 54.0 Å². The van der Waals surface area contributed by atoms with E-state index in [1.54, 1.807) is 6.07 Å². The lowest BCUT2D eigenvalue weighted by atomic mass is 9.83. The van der Waals surface area contributed by atoms with Crippen LogP contribution in [0.5, 0.6) is 0 Å². The number of hydrogen-bond donors (Lipinski definition) is 2. The second-order valence-electron chi connectivity index (χ2n) is 7.70. The first-order valence-electron chi connectivity index (χ1n) is 8.88. The fourth-order valence-electron chi connectivity index (χ4n) is 2.92. The van der Waals surface area contributed by atoms with E-state index in [2.05, 4.69) is 31.4 Å². The smallest absolute Gasteiger partial charge is 0.230 e. The maximum absolute atomic E-state index is 12.5. The summed E-state index contributed by atoms with van der Waals surface area (Å²) in [5, 5.41) is 5.89. The third-order valence-electron chi connectivity index (χ3n) is 4.09. The van der Waals surface area contributed by atoms with E-state index >= 15 is 0 Å². The van der Waals surface area contributed by atoms with Crippen molar-refractivity contribution in [1.82, 2.24) is 0 Å². The van der Waals surface area contributed by atoms with Crippen LogP contribution in [0.4, 0.5) is 11.4 Å². The summed E-state index contributed by atoms with van der Waals surface area (Å²) in [6.45, 7) is 12.1. The third kappa shape index (κ3) is 6.34. The summed E-state index contributed by atoms with van der Waals surface area (Å²) in [6.07, 6.45) is 2.67. The third-order valence-corrected chi connectivity index (χ3v) is 4.09. The van der Waals surface area contributed by atoms with Crippen LogP contribution in [0.25, 0.3) is 0 Å². The standard InChI is InChI=1S/C20H32N2O2/c1-7-9-15(4)18(23)21-16-10-8-11-17(12-16)22-19(24)20(5,6)13-14(2)3/h8,10-12,14-15H,7,9,13H2,1-6H3,(H,21,23)(H,22,24). The molecule has 0 aliphatic rings. The number of carbonyl (C=O) groups is 2. The Labute approximate surface area is 146 Å². The molecule has 0 radical (unpaired) electrons. The first-order chi connectivity index (χ1) is 11.2. The highest BCUT2D eigenvalue weighted by atomic mass is 16.2. The van der Waals surface area contributed by atoms with Crippen LogP contribution in [0.1, 0.15) is 60.8 Å². The molecule has 4 heteroatoms. The first-order valence-corrected chi connectivity index (χ1v) is 8.88. The molecule has 134 valence electrons. The van der Waals surface area contributed by atoms with Gasteiger partial charge in [-0.3, -0.25) is 9.59 Å². The van der Waals surface area contributed by atoms with Crippen LogP contribution in [0.3, 0.4) is 0 Å². The molecular formula is C20H32N2O2. The molecule has 1 aromatic rings. The van der Waals surface area contributed by atoms with Gasteiger partial charge in [-0.05, 0) is 37.0 Å². The molecule has 0 saturated heterocycles. The van der Waals surface area contributed by atoms with Gasteiger partial charge in [0, 0.05) is 22.7 Å². The van der Waals surface area contributed by atoms with Crippen molar-refractivity contribution in [2.75, 3.05) is 10.6 Å². The average Bonchev–Trinajstić information content (AvgIpc) is 2.46. The molecule has 1 atom stereocenters. The van der Waals surface area contributed by atoms with E-state index in [0.717, 1.165) is 19.3 Å². The summed E-state index contributed by atoms with van der Waals surface area (Å²) in [7, 11) is 0. The van der Waals surface area contributed by atoms with E-state index in [1.807, 2.05) is 39.0 Å². The minimum Gasteiger partial charge on any atom is -0.326 e. The summed E-state index contributed by atoms with van der Waals surface area (Å²) in [4.78, 5) is 24.6. The fraction of sp³-hybridized carbons (Fsp3) is 0.600. The Hall–Kier alpha value is -1.84. The predicted octanol–water partition coefficient (Wildman–Crippen LogP) is 5.07. The number of hydrogen-bond acceptors (Lipinski definition) is 2. The highest BCUT2D eigenvalue weighted by Crippen LogP contribution is 2.27. The Morgan fingerprint density at radius 1 is 1.08 bits per heavy atom. The molecule has 0 aliphatic carbocycles. The number of amides is 2. The molecule has 0 fully saturated rings. The lowest BCUT2D eigenvalue weighted by Crippen LogP contribution is -2.32. The highest BCUT2D eigenvalue weighted by molar-refractivity contribution is 5.96. The van der Waals surface area contributed by atoms with Gasteiger partial charge in [0.1, 0.15) is 0 Å². The van der Waals surface area contributed by atoms with Crippen molar-refractivity contribution < 1.29 is 9.59 Å². The average molecular weight is 332 g/mol. The molecule has 0 aliphatic heterocycles. The van der Waals surface area contributed by atoms with E-state index in [4.69, 9.17) is 0 Å². The van der Waals surface area contributed by atoms with Crippen molar-refractivity contribution in [2.45, 2.75) is 60.8 Å². The Morgan fingerprint density at radius 2 is 1.67 bits per heavy atom. The van der Waals surface area contributed by atoms with Crippen LogP contribution in [-0.4, -0.2) is 11.8 Å². The molecule has 1 aromatic carbocycles. The Balaban J connectivity index is 2.75. The topological polar surface area (TPSA) is 58.2 Å². The number of benzene rings is 1. The van der Waals surface area contributed by atoms with Crippen molar-refractivity contribution in [1.29, 1.82) is 0 Å². The molecule has 2 N–H and O–H groups in total. The van der Waals surface area contributed by atoms with Crippen LogP contribution < -0.4 is 10.6 Å². The summed E-state index contributed by atoms with van der Waals surface area (Å²) in [6, 6.07) is 7.32. The monoisotopic (exact) mass is 332 g/mol. The summed E-state index contributed by atoms with van der Waals surface area (Å²) in [5.74, 6) is 0.453. The predicted molar refractivity (Wildman–Crippen MR) is 101 cm³/mol. The van der Waals surface area contributed by atoms with Gasteiger partial charge in [-0.2, -0.15) is 0 Å². The van der Waals surface area contributed by atoms with Gasteiger partial charge >= 0.3 is 0 Å². The molecule has 24 heavy (non-hydrogen) atoms. The van der Waals surface area contributed by atoms with Gasteiger partial charge in [0.05, 0.1) is 0 Å². The van der Waals surface area contributed by atoms with Gasteiger partial charge in [0.25, 0.3) is 0 Å². The molecule has 4 nitrogen and oxygen atoms in total. The SMILES string of the molecule is CCCC(C)C(=O)Nc1cccc(NC(=O)C(C)(C)CC(C)C)c1. The maximum atomic E-state index is 12.5. The van der Waals surface area contributed by atoms with Crippen molar-refractivity contribution >= 4 is 23.2 Å². The fourth-order valence-corrected chi connectivity index (χ4v) is 2.92. The molecule has 0 saturated carbocycles. The van der Waals surface area contributed by atoms with Crippen LogP contribution in [0.2, 0.25) is 0 Å².